The number of carbonyl (C=O) groups is 1. The predicted molar refractivity (Wildman–Crippen MR) is 131 cm³/mol. The lowest BCUT2D eigenvalue weighted by molar-refractivity contribution is -0.113. The smallest absolute Gasteiger partial charge is 0.264 e. The van der Waals surface area contributed by atoms with Crippen LogP contribution in [0.4, 0.5) is 17.3 Å². The van der Waals surface area contributed by atoms with Crippen molar-refractivity contribution in [3.8, 4) is 0 Å². The van der Waals surface area contributed by atoms with E-state index in [0.29, 0.717) is 5.16 Å². The zero-order chi connectivity index (χ0) is 21.5. The van der Waals surface area contributed by atoms with E-state index in [9.17, 15) is 4.79 Å². The van der Waals surface area contributed by atoms with Crippen LogP contribution in [-0.2, 0) is 4.79 Å². The molecule has 1 heterocycles. The average Bonchev–Trinajstić information content (AvgIpc) is 3.08. The third kappa shape index (κ3) is 6.10. The molecule has 1 aromatic heterocycles. The number of thioether (sulfide) groups is 1. The number of amides is 1. The Morgan fingerprint density at radius 3 is 2.57 bits per heavy atom. The average molecular weight is 536 g/mol. The summed E-state index contributed by atoms with van der Waals surface area (Å²) >= 11 is 3.40. The number of nitrogen functional groups attached to an aromatic ring is 1. The van der Waals surface area contributed by atoms with Crippen molar-refractivity contribution >= 4 is 63.8 Å². The first-order valence-electron chi connectivity index (χ1n) is 8.87. The zero-order valence-corrected chi connectivity index (χ0v) is 19.4. The molecule has 3 rings (SSSR count). The Kier molecular flexibility index (Phi) is 7.52. The van der Waals surface area contributed by atoms with Crippen molar-refractivity contribution < 1.29 is 4.79 Å². The Hall–Kier alpha value is -2.80. The van der Waals surface area contributed by atoms with Gasteiger partial charge in [0.2, 0.25) is 11.1 Å². The van der Waals surface area contributed by atoms with E-state index in [1.165, 1.54) is 16.4 Å². The fourth-order valence-electron chi connectivity index (χ4n) is 2.34. The van der Waals surface area contributed by atoms with Gasteiger partial charge in [0.15, 0.2) is 0 Å². The van der Waals surface area contributed by atoms with Crippen LogP contribution in [0.2, 0.25) is 0 Å². The molecule has 4 N–H and O–H groups in total. The highest BCUT2D eigenvalue weighted by molar-refractivity contribution is 14.1. The van der Waals surface area contributed by atoms with Crippen LogP contribution in [0.1, 0.15) is 5.56 Å². The summed E-state index contributed by atoms with van der Waals surface area (Å²) in [5.74, 6) is 6.26. The maximum Gasteiger partial charge on any atom is 0.264 e. The molecule has 156 valence electrons. The van der Waals surface area contributed by atoms with Gasteiger partial charge in [-0.3, -0.25) is 4.79 Å². The summed E-state index contributed by atoms with van der Waals surface area (Å²) in [7, 11) is 3.97. The number of hydrogen-bond donors (Lipinski definition) is 3. The summed E-state index contributed by atoms with van der Waals surface area (Å²) in [5.41, 5.74) is 5.54. The first-order valence-corrected chi connectivity index (χ1v) is 10.9. The second-order valence-corrected chi connectivity index (χ2v) is 8.56. The third-order valence-corrected chi connectivity index (χ3v) is 5.57. The lowest BCUT2D eigenvalue weighted by Crippen LogP contribution is -2.16. The van der Waals surface area contributed by atoms with E-state index in [0.717, 1.165) is 20.5 Å². The Balaban J connectivity index is 1.51. The molecule has 0 spiro atoms. The minimum absolute atomic E-state index is 0.155. The molecule has 1 amide bonds. The van der Waals surface area contributed by atoms with Crippen LogP contribution < -0.4 is 21.5 Å². The van der Waals surface area contributed by atoms with E-state index in [1.54, 1.807) is 6.21 Å². The van der Waals surface area contributed by atoms with Crippen molar-refractivity contribution in [3.05, 3.63) is 57.7 Å². The lowest BCUT2D eigenvalue weighted by Gasteiger charge is -2.11. The predicted octanol–water partition coefficient (Wildman–Crippen LogP) is 2.84. The van der Waals surface area contributed by atoms with Crippen LogP contribution in [0.15, 0.2) is 58.8 Å². The summed E-state index contributed by atoms with van der Waals surface area (Å²) in [6, 6.07) is 15.5. The van der Waals surface area contributed by atoms with E-state index >= 15 is 0 Å². The normalized spacial score (nSPS) is 10.9. The van der Waals surface area contributed by atoms with Gasteiger partial charge in [-0.1, -0.05) is 23.9 Å². The fourth-order valence-corrected chi connectivity index (χ4v) is 3.35. The molecule has 0 aliphatic carbocycles. The number of nitrogens with two attached hydrogens (primary N) is 1. The maximum atomic E-state index is 12.1. The Morgan fingerprint density at radius 2 is 1.90 bits per heavy atom. The SMILES string of the molecule is CN(C)c1ccc(/C=N/Nc2nnc(SCC(=O)Nc3ccc(I)cc3)n2N)cc1. The molecule has 0 aliphatic rings. The molecular weight excluding hydrogens is 515 g/mol. The second-order valence-electron chi connectivity index (χ2n) is 6.38. The van der Waals surface area contributed by atoms with Gasteiger partial charge < -0.3 is 16.1 Å². The van der Waals surface area contributed by atoms with Crippen molar-refractivity contribution in [1.29, 1.82) is 0 Å². The van der Waals surface area contributed by atoms with Crippen molar-refractivity contribution in [3.63, 3.8) is 0 Å². The quantitative estimate of drug-likeness (QED) is 0.133. The Bertz CT molecular complexity index is 1020. The maximum absolute atomic E-state index is 12.1. The summed E-state index contributed by atoms with van der Waals surface area (Å²) in [6.07, 6.45) is 1.66. The number of carbonyl (C=O) groups excluding carboxylic acids is 1. The Morgan fingerprint density at radius 1 is 1.20 bits per heavy atom. The highest BCUT2D eigenvalue weighted by Gasteiger charge is 2.12. The lowest BCUT2D eigenvalue weighted by atomic mass is 10.2. The third-order valence-electron chi connectivity index (χ3n) is 3.91. The largest absolute Gasteiger partial charge is 0.378 e. The van der Waals surface area contributed by atoms with E-state index in [1.807, 2.05) is 67.5 Å². The molecule has 0 unspecified atom stereocenters. The minimum atomic E-state index is -0.155. The van der Waals surface area contributed by atoms with E-state index in [-0.39, 0.29) is 17.6 Å². The summed E-state index contributed by atoms with van der Waals surface area (Å²) in [4.78, 5) is 14.1. The van der Waals surface area contributed by atoms with Gasteiger partial charge in [-0.05, 0) is 64.6 Å². The highest BCUT2D eigenvalue weighted by atomic mass is 127. The van der Waals surface area contributed by atoms with Gasteiger partial charge in [-0.15, -0.1) is 10.2 Å². The molecule has 0 radical (unpaired) electrons. The van der Waals surface area contributed by atoms with Gasteiger partial charge in [0.1, 0.15) is 0 Å². The van der Waals surface area contributed by atoms with Crippen LogP contribution in [0.25, 0.3) is 0 Å². The van der Waals surface area contributed by atoms with Gasteiger partial charge in [-0.25, -0.2) is 10.1 Å². The molecule has 0 atom stereocenters. The number of benzene rings is 2. The number of anilines is 3. The van der Waals surface area contributed by atoms with Crippen LogP contribution in [0.5, 0.6) is 0 Å². The van der Waals surface area contributed by atoms with Crippen molar-refractivity contribution in [2.24, 2.45) is 5.10 Å². The summed E-state index contributed by atoms with van der Waals surface area (Å²) in [5, 5.41) is 15.3. The number of nitrogens with one attached hydrogen (secondary N) is 2. The zero-order valence-electron chi connectivity index (χ0n) is 16.4. The van der Waals surface area contributed by atoms with Gasteiger partial charge in [0.05, 0.1) is 12.0 Å². The fraction of sp³-hybridized carbons (Fsp3) is 0.158. The van der Waals surface area contributed by atoms with E-state index in [4.69, 9.17) is 5.84 Å². The van der Waals surface area contributed by atoms with Gasteiger partial charge >= 0.3 is 0 Å². The molecule has 0 saturated heterocycles. The van der Waals surface area contributed by atoms with Crippen molar-refractivity contribution in [2.75, 3.05) is 41.3 Å². The van der Waals surface area contributed by atoms with Crippen LogP contribution in [0.3, 0.4) is 0 Å². The van der Waals surface area contributed by atoms with E-state index in [2.05, 4.69) is 48.6 Å². The summed E-state index contributed by atoms with van der Waals surface area (Å²) in [6.45, 7) is 0. The number of nitrogens with zero attached hydrogens (tertiary/aromatic N) is 5. The molecular formula is C19H21IN8OS. The first kappa shape index (κ1) is 21.9. The highest BCUT2D eigenvalue weighted by Crippen LogP contribution is 2.18. The minimum Gasteiger partial charge on any atom is -0.378 e. The number of rotatable bonds is 8. The number of halogens is 1. The number of aromatic nitrogens is 3. The topological polar surface area (TPSA) is 113 Å². The molecule has 0 saturated carbocycles. The summed E-state index contributed by atoms with van der Waals surface area (Å²) < 4.78 is 2.36. The van der Waals surface area contributed by atoms with Crippen molar-refractivity contribution in [1.82, 2.24) is 14.9 Å². The molecule has 2 aromatic carbocycles. The molecule has 0 aliphatic heterocycles. The van der Waals surface area contributed by atoms with Crippen LogP contribution in [0, 0.1) is 3.57 Å². The molecule has 3 aromatic rings. The van der Waals surface area contributed by atoms with Crippen LogP contribution >= 0.6 is 34.4 Å². The second kappa shape index (κ2) is 10.3. The molecule has 0 bridgehead atoms. The first-order chi connectivity index (χ1) is 14.4. The van der Waals surface area contributed by atoms with Gasteiger partial charge in [-0.2, -0.15) is 5.10 Å². The van der Waals surface area contributed by atoms with Crippen LogP contribution in [-0.4, -0.2) is 46.8 Å². The molecule has 9 nitrogen and oxygen atoms in total. The molecule has 30 heavy (non-hydrogen) atoms. The van der Waals surface area contributed by atoms with Gasteiger partial charge in [0, 0.05) is 29.0 Å². The number of hydrogen-bond acceptors (Lipinski definition) is 8. The van der Waals surface area contributed by atoms with Crippen molar-refractivity contribution in [2.45, 2.75) is 5.16 Å². The Labute approximate surface area is 192 Å². The van der Waals surface area contributed by atoms with E-state index < -0.39 is 0 Å². The monoisotopic (exact) mass is 536 g/mol. The molecule has 11 heteroatoms. The number of hydrazone groups is 1. The van der Waals surface area contributed by atoms with Gasteiger partial charge in [0.25, 0.3) is 5.95 Å². The standard InChI is InChI=1S/C19H21IN8OS/c1-27(2)16-9-3-13(4-10-16)11-22-24-18-25-26-19(28(18)21)30-12-17(29)23-15-7-5-14(20)6-8-15/h3-11H,12,21H2,1-2H3,(H,23,29)(H,24,25)/b22-11+. The molecule has 0 fully saturated rings.